The topological polar surface area (TPSA) is 0 Å². The van der Waals surface area contributed by atoms with E-state index in [0.29, 0.717) is 0 Å². The van der Waals surface area contributed by atoms with E-state index in [1.807, 2.05) is 13.8 Å². The van der Waals surface area contributed by atoms with Crippen molar-refractivity contribution in [1.29, 1.82) is 0 Å². The second kappa shape index (κ2) is 17.5. The lowest BCUT2D eigenvalue weighted by Gasteiger charge is -2.22. The second-order valence-corrected chi connectivity index (χ2v) is 7.89. The van der Waals surface area contributed by atoms with Gasteiger partial charge < -0.3 is 0 Å². The third kappa shape index (κ3) is 14.5. The molecule has 1 fully saturated rings. The lowest BCUT2D eigenvalue weighted by Crippen LogP contribution is -2.08. The van der Waals surface area contributed by atoms with E-state index in [0.717, 1.165) is 29.9 Å². The summed E-state index contributed by atoms with van der Waals surface area (Å²) in [6, 6.07) is 6.50. The number of aryl methyl sites for hydroxylation is 3. The zero-order valence-electron chi connectivity index (χ0n) is 20.5. The van der Waals surface area contributed by atoms with E-state index in [1.165, 1.54) is 47.9 Å². The highest BCUT2D eigenvalue weighted by molar-refractivity contribution is 5.36. The molecule has 0 radical (unpaired) electrons. The van der Waals surface area contributed by atoms with Crippen molar-refractivity contribution in [2.75, 3.05) is 0 Å². The SMILES string of the molecule is C=C(C=C(C)C)C(=C)CCC.CC.CCC1CCC1.Cc1ccc(C)c(C)c1. The van der Waals surface area contributed by atoms with Gasteiger partial charge in [-0.05, 0) is 69.2 Å². The standard InChI is InChI=1S/C11H18.C9H12.C6H12.C2H6/c1-6-7-10(4)11(5)8-9(2)3;1-7-4-5-8(2)9(3)6-7;1-2-6-4-3-5-6;1-2/h8H,4-7H2,1-3H3;4-6H,1-3H3;6H,2-5H2,1H3;1-2H3. The van der Waals surface area contributed by atoms with Crippen LogP contribution in [0, 0.1) is 26.7 Å². The summed E-state index contributed by atoms with van der Waals surface area (Å²) in [5, 5.41) is 0. The lowest BCUT2D eigenvalue weighted by atomic mass is 9.84. The summed E-state index contributed by atoms with van der Waals surface area (Å²) < 4.78 is 0. The molecule has 0 N–H and O–H groups in total. The van der Waals surface area contributed by atoms with Gasteiger partial charge >= 0.3 is 0 Å². The van der Waals surface area contributed by atoms with Crippen molar-refractivity contribution in [1.82, 2.24) is 0 Å². The molecule has 0 bridgehead atoms. The molecular formula is C28H48. The summed E-state index contributed by atoms with van der Waals surface area (Å²) in [6.45, 7) is 26.9. The molecular weight excluding hydrogens is 336 g/mol. The molecule has 0 amide bonds. The van der Waals surface area contributed by atoms with Gasteiger partial charge in [-0.3, -0.25) is 0 Å². The van der Waals surface area contributed by atoms with Gasteiger partial charge in [-0.1, -0.05) is 108 Å². The van der Waals surface area contributed by atoms with E-state index in [1.54, 1.807) is 0 Å². The summed E-state index contributed by atoms with van der Waals surface area (Å²) in [5.41, 5.74) is 7.63. The Bertz CT molecular complexity index is 575. The normalized spacial score (nSPS) is 11.9. The van der Waals surface area contributed by atoms with Crippen molar-refractivity contribution in [2.45, 2.75) is 101 Å². The molecule has 1 aromatic carbocycles. The molecule has 0 heteroatoms. The Labute approximate surface area is 177 Å². The predicted octanol–water partition coefficient (Wildman–Crippen LogP) is 9.70. The summed E-state index contributed by atoms with van der Waals surface area (Å²) in [6.07, 6.45) is 10.2. The number of benzene rings is 1. The van der Waals surface area contributed by atoms with Gasteiger partial charge in [0.1, 0.15) is 0 Å². The van der Waals surface area contributed by atoms with Gasteiger partial charge in [-0.15, -0.1) is 0 Å². The molecule has 0 nitrogen and oxygen atoms in total. The Morgan fingerprint density at radius 2 is 1.57 bits per heavy atom. The van der Waals surface area contributed by atoms with E-state index in [2.05, 4.69) is 85.9 Å². The Morgan fingerprint density at radius 3 is 1.86 bits per heavy atom. The van der Waals surface area contributed by atoms with E-state index in [4.69, 9.17) is 0 Å². The van der Waals surface area contributed by atoms with Crippen LogP contribution in [0.4, 0.5) is 0 Å². The lowest BCUT2D eigenvalue weighted by molar-refractivity contribution is 0.307. The van der Waals surface area contributed by atoms with Gasteiger partial charge in [0.25, 0.3) is 0 Å². The maximum atomic E-state index is 3.95. The first-order valence-corrected chi connectivity index (χ1v) is 11.3. The maximum Gasteiger partial charge on any atom is -0.0282 e. The fourth-order valence-corrected chi connectivity index (χ4v) is 2.71. The minimum atomic E-state index is 1.06. The van der Waals surface area contributed by atoms with Crippen LogP contribution in [0.25, 0.3) is 0 Å². The molecule has 2 rings (SSSR count). The monoisotopic (exact) mass is 384 g/mol. The number of allylic oxidation sites excluding steroid dienone is 4. The van der Waals surface area contributed by atoms with Crippen LogP contribution in [0.1, 0.15) is 96.8 Å². The van der Waals surface area contributed by atoms with E-state index in [9.17, 15) is 0 Å². The van der Waals surface area contributed by atoms with Gasteiger partial charge in [-0.2, -0.15) is 0 Å². The van der Waals surface area contributed by atoms with Crippen molar-refractivity contribution >= 4 is 0 Å². The molecule has 0 aliphatic heterocycles. The molecule has 1 aliphatic rings. The zero-order valence-corrected chi connectivity index (χ0v) is 20.5. The molecule has 0 aromatic heterocycles. The van der Waals surface area contributed by atoms with Gasteiger partial charge in [0.2, 0.25) is 0 Å². The fraction of sp³-hybridized carbons (Fsp3) is 0.571. The molecule has 1 aliphatic carbocycles. The summed E-state index contributed by atoms with van der Waals surface area (Å²) in [5.74, 6) is 1.12. The highest BCUT2D eigenvalue weighted by Crippen LogP contribution is 2.28. The average Bonchev–Trinajstić information content (AvgIpc) is 2.60. The Kier molecular flexibility index (Phi) is 17.9. The van der Waals surface area contributed by atoms with Crippen LogP contribution in [0.2, 0.25) is 0 Å². The number of hydrogen-bond donors (Lipinski definition) is 0. The molecule has 0 spiro atoms. The van der Waals surface area contributed by atoms with Crippen LogP contribution >= 0.6 is 0 Å². The minimum absolute atomic E-state index is 1.06. The highest BCUT2D eigenvalue weighted by Gasteiger charge is 2.13. The van der Waals surface area contributed by atoms with Crippen molar-refractivity contribution in [3.8, 4) is 0 Å². The molecule has 28 heavy (non-hydrogen) atoms. The highest BCUT2D eigenvalue weighted by atomic mass is 14.2. The quantitative estimate of drug-likeness (QED) is 0.443. The van der Waals surface area contributed by atoms with Crippen LogP contribution in [-0.2, 0) is 0 Å². The molecule has 160 valence electrons. The van der Waals surface area contributed by atoms with E-state index >= 15 is 0 Å². The molecule has 1 saturated carbocycles. The van der Waals surface area contributed by atoms with Gasteiger partial charge in [0, 0.05) is 0 Å². The Morgan fingerprint density at radius 1 is 1.00 bits per heavy atom. The largest absolute Gasteiger partial charge is 0.0953 e. The zero-order chi connectivity index (χ0) is 22.1. The Balaban J connectivity index is 0. The van der Waals surface area contributed by atoms with Gasteiger partial charge in [-0.25, -0.2) is 0 Å². The Hall–Kier alpha value is -1.56. The molecule has 0 saturated heterocycles. The second-order valence-electron chi connectivity index (χ2n) is 7.89. The number of hydrogen-bond acceptors (Lipinski definition) is 0. The molecule has 0 unspecified atom stereocenters. The summed E-state index contributed by atoms with van der Waals surface area (Å²) in [7, 11) is 0. The summed E-state index contributed by atoms with van der Waals surface area (Å²) >= 11 is 0. The predicted molar refractivity (Wildman–Crippen MR) is 132 cm³/mol. The van der Waals surface area contributed by atoms with Crippen LogP contribution in [0.15, 0.2) is 54.2 Å². The molecule has 1 aromatic rings. The summed E-state index contributed by atoms with van der Waals surface area (Å²) in [4.78, 5) is 0. The number of rotatable bonds is 5. The molecule has 0 heterocycles. The van der Waals surface area contributed by atoms with E-state index in [-0.39, 0.29) is 0 Å². The third-order valence-electron chi connectivity index (χ3n) is 4.93. The van der Waals surface area contributed by atoms with Crippen molar-refractivity contribution in [3.63, 3.8) is 0 Å². The third-order valence-corrected chi connectivity index (χ3v) is 4.93. The van der Waals surface area contributed by atoms with Crippen molar-refractivity contribution in [2.24, 2.45) is 5.92 Å². The van der Waals surface area contributed by atoms with Crippen LogP contribution in [0.3, 0.4) is 0 Å². The minimum Gasteiger partial charge on any atom is -0.0953 e. The van der Waals surface area contributed by atoms with Crippen molar-refractivity contribution < 1.29 is 0 Å². The van der Waals surface area contributed by atoms with E-state index < -0.39 is 0 Å². The van der Waals surface area contributed by atoms with Gasteiger partial charge in [0.15, 0.2) is 0 Å². The van der Waals surface area contributed by atoms with Crippen LogP contribution < -0.4 is 0 Å². The first kappa shape index (κ1) is 28.6. The smallest absolute Gasteiger partial charge is 0.0282 e. The van der Waals surface area contributed by atoms with Crippen molar-refractivity contribution in [3.05, 3.63) is 70.8 Å². The fourth-order valence-electron chi connectivity index (χ4n) is 2.71. The van der Waals surface area contributed by atoms with Crippen LogP contribution in [-0.4, -0.2) is 0 Å². The maximum absolute atomic E-state index is 3.95. The first-order valence-electron chi connectivity index (χ1n) is 11.3. The first-order chi connectivity index (χ1) is 13.2. The average molecular weight is 385 g/mol. The molecule has 0 atom stereocenters. The van der Waals surface area contributed by atoms with Gasteiger partial charge in [0.05, 0.1) is 0 Å². The van der Waals surface area contributed by atoms with Crippen LogP contribution in [0.5, 0.6) is 0 Å².